The monoisotopic (exact) mass is 327 g/mol. The van der Waals surface area contributed by atoms with Gasteiger partial charge in [0.1, 0.15) is 0 Å². The molecule has 5 nitrogen and oxygen atoms in total. The zero-order valence-electron chi connectivity index (χ0n) is 13.7. The molecule has 2 N–H and O–H groups in total. The van der Waals surface area contributed by atoms with Crippen molar-refractivity contribution >= 4 is 11.9 Å². The van der Waals surface area contributed by atoms with Crippen LogP contribution in [0.25, 0.3) is 0 Å². The number of aryl methyl sites for hydroxylation is 3. The van der Waals surface area contributed by atoms with E-state index in [0.717, 1.165) is 25.7 Å². The number of carbonyl (C=O) groups is 2. The molecule has 1 aliphatic rings. The summed E-state index contributed by atoms with van der Waals surface area (Å²) in [6.45, 7) is 2.20. The van der Waals surface area contributed by atoms with Crippen molar-refractivity contribution < 1.29 is 19.1 Å². The van der Waals surface area contributed by atoms with Crippen molar-refractivity contribution in [3.63, 3.8) is 0 Å². The van der Waals surface area contributed by atoms with E-state index in [0.29, 0.717) is 18.0 Å². The average molecular weight is 327 g/mol. The van der Waals surface area contributed by atoms with Crippen LogP contribution in [0.3, 0.4) is 0 Å². The highest BCUT2D eigenvalue weighted by Gasteiger charge is 2.21. The smallest absolute Gasteiger partial charge is 0.372 e. The van der Waals surface area contributed by atoms with Crippen LogP contribution in [0, 0.1) is 12.8 Å². The van der Waals surface area contributed by atoms with Gasteiger partial charge in [0.25, 0.3) is 5.91 Å². The second-order valence-corrected chi connectivity index (χ2v) is 6.35. The molecular weight excluding hydrogens is 306 g/mol. The second-order valence-electron chi connectivity index (χ2n) is 6.35. The lowest BCUT2D eigenvalue weighted by Crippen LogP contribution is -2.29. The average Bonchev–Trinajstić information content (AvgIpc) is 2.84. The Morgan fingerprint density at radius 1 is 1.21 bits per heavy atom. The Kier molecular flexibility index (Phi) is 4.69. The van der Waals surface area contributed by atoms with Gasteiger partial charge in [-0.15, -0.1) is 0 Å². The first-order valence-corrected chi connectivity index (χ1v) is 8.23. The third kappa shape index (κ3) is 3.50. The Bertz CT molecular complexity index is 735. The molecule has 0 saturated carbocycles. The minimum Gasteiger partial charge on any atom is -0.475 e. The summed E-state index contributed by atoms with van der Waals surface area (Å²) in [4.78, 5) is 23.2. The van der Waals surface area contributed by atoms with Gasteiger partial charge in [0, 0.05) is 12.1 Å². The lowest BCUT2D eigenvalue weighted by Gasteiger charge is -2.14. The van der Waals surface area contributed by atoms with Gasteiger partial charge >= 0.3 is 5.97 Å². The predicted molar refractivity (Wildman–Crippen MR) is 89.3 cm³/mol. The maximum absolute atomic E-state index is 12.2. The van der Waals surface area contributed by atoms with Crippen LogP contribution in [0.5, 0.6) is 0 Å². The van der Waals surface area contributed by atoms with Gasteiger partial charge in [-0.2, -0.15) is 0 Å². The number of carboxylic acids is 1. The first-order chi connectivity index (χ1) is 11.5. The summed E-state index contributed by atoms with van der Waals surface area (Å²) in [5.41, 5.74) is 3.26. The fourth-order valence-electron chi connectivity index (χ4n) is 3.24. The molecule has 0 radical (unpaired) electrons. The zero-order valence-corrected chi connectivity index (χ0v) is 13.7. The van der Waals surface area contributed by atoms with Crippen molar-refractivity contribution in [1.29, 1.82) is 0 Å². The maximum atomic E-state index is 12.2. The van der Waals surface area contributed by atoms with Crippen LogP contribution in [0.2, 0.25) is 0 Å². The van der Waals surface area contributed by atoms with E-state index in [4.69, 9.17) is 9.52 Å². The van der Waals surface area contributed by atoms with Gasteiger partial charge in [0.15, 0.2) is 5.76 Å². The number of carboxylic acid groups (broad SMARTS) is 1. The summed E-state index contributed by atoms with van der Waals surface area (Å²) in [6.07, 6.45) is 4.13. The van der Waals surface area contributed by atoms with Crippen molar-refractivity contribution in [2.24, 2.45) is 5.92 Å². The van der Waals surface area contributed by atoms with E-state index >= 15 is 0 Å². The molecule has 0 saturated heterocycles. The first kappa shape index (κ1) is 16.3. The summed E-state index contributed by atoms with van der Waals surface area (Å²) >= 11 is 0. The van der Waals surface area contributed by atoms with Crippen molar-refractivity contribution in [1.82, 2.24) is 5.32 Å². The number of nitrogens with one attached hydrogen (secondary N) is 1. The molecule has 24 heavy (non-hydrogen) atoms. The maximum Gasteiger partial charge on any atom is 0.372 e. The number of amides is 1. The number of carbonyl (C=O) groups excluding carboxylic acids is 1. The van der Waals surface area contributed by atoms with Crippen molar-refractivity contribution in [3.05, 3.63) is 58.5 Å². The molecule has 0 fully saturated rings. The number of fused-ring (bicyclic) bond motifs is 1. The van der Waals surface area contributed by atoms with Crippen molar-refractivity contribution in [3.8, 4) is 0 Å². The van der Waals surface area contributed by atoms with E-state index in [2.05, 4.69) is 29.6 Å². The van der Waals surface area contributed by atoms with Gasteiger partial charge in [-0.05, 0) is 55.7 Å². The number of benzene rings is 1. The topological polar surface area (TPSA) is 79.5 Å². The van der Waals surface area contributed by atoms with Gasteiger partial charge < -0.3 is 14.8 Å². The molecule has 0 aliphatic heterocycles. The van der Waals surface area contributed by atoms with E-state index in [1.165, 1.54) is 17.2 Å². The van der Waals surface area contributed by atoms with Gasteiger partial charge in [0.2, 0.25) is 5.76 Å². The molecular formula is C19H21NO4. The quantitative estimate of drug-likeness (QED) is 0.845. The van der Waals surface area contributed by atoms with E-state index in [-0.39, 0.29) is 17.4 Å². The van der Waals surface area contributed by atoms with E-state index < -0.39 is 5.97 Å². The number of hydrogen-bond donors (Lipinski definition) is 2. The predicted octanol–water partition coefficient (Wildman–Crippen LogP) is 3.21. The van der Waals surface area contributed by atoms with E-state index in [1.807, 2.05) is 0 Å². The summed E-state index contributed by atoms with van der Waals surface area (Å²) in [7, 11) is 0. The largest absolute Gasteiger partial charge is 0.475 e. The number of rotatable bonds is 4. The standard InChI is InChI=1S/C19H21NO4/c1-12-10-16(24-17(12)19(22)23)18(21)20-11-13-6-8-14-4-2-3-5-15(14)9-7-13/h2-5,10,13H,6-9,11H2,1H3,(H,20,21)(H,22,23). The Hall–Kier alpha value is -2.56. The van der Waals surface area contributed by atoms with Gasteiger partial charge in [-0.25, -0.2) is 4.79 Å². The van der Waals surface area contributed by atoms with Gasteiger partial charge in [-0.3, -0.25) is 4.79 Å². The Labute approximate surface area is 140 Å². The lowest BCUT2D eigenvalue weighted by molar-refractivity contribution is 0.0658. The van der Waals surface area contributed by atoms with Crippen LogP contribution >= 0.6 is 0 Å². The molecule has 0 atom stereocenters. The van der Waals surface area contributed by atoms with Crippen molar-refractivity contribution in [2.45, 2.75) is 32.6 Å². The summed E-state index contributed by atoms with van der Waals surface area (Å²) in [6, 6.07) is 9.97. The van der Waals surface area contributed by atoms with Gasteiger partial charge in [-0.1, -0.05) is 24.3 Å². The van der Waals surface area contributed by atoms with Crippen LogP contribution in [0.15, 0.2) is 34.7 Å². The Balaban J connectivity index is 1.57. The molecule has 1 amide bonds. The minimum atomic E-state index is -1.16. The molecule has 0 unspecified atom stereocenters. The molecule has 3 rings (SSSR count). The SMILES string of the molecule is Cc1cc(C(=O)NCC2CCc3ccccc3CC2)oc1C(=O)O. The van der Waals surface area contributed by atoms with E-state index in [9.17, 15) is 9.59 Å². The first-order valence-electron chi connectivity index (χ1n) is 8.23. The molecule has 0 spiro atoms. The molecule has 1 heterocycles. The third-order valence-electron chi connectivity index (χ3n) is 4.65. The zero-order chi connectivity index (χ0) is 17.1. The lowest BCUT2D eigenvalue weighted by atomic mass is 9.99. The highest BCUT2D eigenvalue weighted by Crippen LogP contribution is 2.24. The summed E-state index contributed by atoms with van der Waals surface area (Å²) in [5.74, 6) is -1.22. The molecule has 5 heteroatoms. The van der Waals surface area contributed by atoms with Crippen LogP contribution in [-0.4, -0.2) is 23.5 Å². The highest BCUT2D eigenvalue weighted by atomic mass is 16.4. The molecule has 1 aromatic heterocycles. The molecule has 0 bridgehead atoms. The summed E-state index contributed by atoms with van der Waals surface area (Å²) in [5, 5.41) is 11.9. The number of furan rings is 1. The molecule has 2 aromatic rings. The summed E-state index contributed by atoms with van der Waals surface area (Å²) < 4.78 is 5.14. The van der Waals surface area contributed by atoms with Crippen molar-refractivity contribution in [2.75, 3.05) is 6.54 Å². The van der Waals surface area contributed by atoms with Crippen LogP contribution in [-0.2, 0) is 12.8 Å². The fourth-order valence-corrected chi connectivity index (χ4v) is 3.24. The second kappa shape index (κ2) is 6.91. The Morgan fingerprint density at radius 3 is 2.38 bits per heavy atom. The highest BCUT2D eigenvalue weighted by molar-refractivity contribution is 5.94. The number of hydrogen-bond acceptors (Lipinski definition) is 3. The number of aromatic carboxylic acids is 1. The van der Waals surface area contributed by atoms with Crippen LogP contribution < -0.4 is 5.32 Å². The normalized spacial score (nSPS) is 14.7. The van der Waals surface area contributed by atoms with Crippen LogP contribution in [0.4, 0.5) is 0 Å². The molecule has 1 aliphatic carbocycles. The Morgan fingerprint density at radius 2 is 1.83 bits per heavy atom. The third-order valence-corrected chi connectivity index (χ3v) is 4.65. The van der Waals surface area contributed by atoms with E-state index in [1.54, 1.807) is 6.92 Å². The minimum absolute atomic E-state index is 0.0572. The van der Waals surface area contributed by atoms with Gasteiger partial charge in [0.05, 0.1) is 0 Å². The fraction of sp³-hybridized carbons (Fsp3) is 0.368. The molecule has 126 valence electrons. The molecule has 1 aromatic carbocycles. The van der Waals surface area contributed by atoms with Crippen LogP contribution in [0.1, 0.15) is 50.6 Å².